The molecule has 4 heteroatoms. The number of likely N-dealkylation sites (tertiary alicyclic amines) is 1. The molecule has 0 bridgehead atoms. The Kier molecular flexibility index (Phi) is 6.54. The lowest BCUT2D eigenvalue weighted by molar-refractivity contribution is 0.0687. The van der Waals surface area contributed by atoms with Gasteiger partial charge in [-0.25, -0.2) is 4.79 Å². The van der Waals surface area contributed by atoms with E-state index in [1.165, 1.54) is 0 Å². The van der Waals surface area contributed by atoms with Crippen LogP contribution < -0.4 is 0 Å². The van der Waals surface area contributed by atoms with Crippen LogP contribution in [0.2, 0.25) is 0 Å². The van der Waals surface area contributed by atoms with Gasteiger partial charge in [-0.2, -0.15) is 0 Å². The number of carbonyl (C=O) groups is 1. The first-order valence-electron chi connectivity index (χ1n) is 7.79. The van der Waals surface area contributed by atoms with Gasteiger partial charge in [-0.3, -0.25) is 0 Å². The second-order valence-electron chi connectivity index (χ2n) is 5.68. The van der Waals surface area contributed by atoms with E-state index in [1.807, 2.05) is 35.2 Å². The Morgan fingerprint density at radius 3 is 2.62 bits per heavy atom. The lowest BCUT2D eigenvalue weighted by Crippen LogP contribution is -2.38. The molecule has 116 valence electrons. The van der Waals surface area contributed by atoms with Gasteiger partial charge in [-0.15, -0.1) is 0 Å². The molecule has 2 rings (SSSR count). The number of benzene rings is 1. The van der Waals surface area contributed by atoms with Gasteiger partial charge >= 0.3 is 6.09 Å². The summed E-state index contributed by atoms with van der Waals surface area (Å²) in [5.41, 5.74) is 1.16. The zero-order valence-corrected chi connectivity index (χ0v) is 12.8. The SMILES string of the molecule is CC1CCN(C(=O)OCCCOCc2ccccc2)CC1. The van der Waals surface area contributed by atoms with Crippen molar-refractivity contribution in [1.82, 2.24) is 4.90 Å². The van der Waals surface area contributed by atoms with Gasteiger partial charge in [-0.05, 0) is 24.3 Å². The third-order valence-electron chi connectivity index (χ3n) is 3.81. The molecule has 0 N–H and O–H groups in total. The van der Waals surface area contributed by atoms with Crippen molar-refractivity contribution in [1.29, 1.82) is 0 Å². The van der Waals surface area contributed by atoms with Gasteiger partial charge in [-0.1, -0.05) is 37.3 Å². The molecule has 1 aromatic carbocycles. The Balaban J connectivity index is 1.50. The van der Waals surface area contributed by atoms with Crippen LogP contribution in [0.25, 0.3) is 0 Å². The van der Waals surface area contributed by atoms with Crippen molar-refractivity contribution in [2.24, 2.45) is 5.92 Å². The maximum Gasteiger partial charge on any atom is 0.409 e. The molecule has 1 heterocycles. The first-order chi connectivity index (χ1) is 10.3. The average Bonchev–Trinajstić information content (AvgIpc) is 2.52. The number of ether oxygens (including phenoxy) is 2. The average molecular weight is 291 g/mol. The van der Waals surface area contributed by atoms with Gasteiger partial charge in [0.1, 0.15) is 0 Å². The number of hydrogen-bond acceptors (Lipinski definition) is 3. The Hall–Kier alpha value is -1.55. The van der Waals surface area contributed by atoms with Crippen LogP contribution in [0.15, 0.2) is 30.3 Å². The topological polar surface area (TPSA) is 38.8 Å². The molecule has 0 unspecified atom stereocenters. The third kappa shape index (κ3) is 5.76. The number of amides is 1. The van der Waals surface area contributed by atoms with E-state index < -0.39 is 0 Å². The van der Waals surface area contributed by atoms with Crippen LogP contribution in [0.4, 0.5) is 4.79 Å². The largest absolute Gasteiger partial charge is 0.449 e. The molecular formula is C17H25NO3. The molecule has 0 atom stereocenters. The summed E-state index contributed by atoms with van der Waals surface area (Å²) in [4.78, 5) is 13.6. The molecule has 21 heavy (non-hydrogen) atoms. The highest BCUT2D eigenvalue weighted by Gasteiger charge is 2.20. The van der Waals surface area contributed by atoms with Crippen molar-refractivity contribution < 1.29 is 14.3 Å². The highest BCUT2D eigenvalue weighted by Crippen LogP contribution is 2.16. The maximum atomic E-state index is 11.8. The molecule has 1 aromatic rings. The van der Waals surface area contributed by atoms with Crippen molar-refractivity contribution in [2.45, 2.75) is 32.8 Å². The zero-order chi connectivity index (χ0) is 14.9. The molecule has 0 aromatic heterocycles. The number of rotatable bonds is 6. The van der Waals surface area contributed by atoms with Gasteiger partial charge in [0.25, 0.3) is 0 Å². The predicted octanol–water partition coefficient (Wildman–Crippen LogP) is 3.46. The summed E-state index contributed by atoms with van der Waals surface area (Å²) in [6, 6.07) is 10.1. The molecular weight excluding hydrogens is 266 g/mol. The van der Waals surface area contributed by atoms with Crippen LogP contribution >= 0.6 is 0 Å². The molecule has 1 aliphatic rings. The van der Waals surface area contributed by atoms with E-state index in [1.54, 1.807) is 0 Å². The molecule has 0 saturated carbocycles. The Morgan fingerprint density at radius 2 is 1.90 bits per heavy atom. The van der Waals surface area contributed by atoms with Crippen LogP contribution in [0.3, 0.4) is 0 Å². The van der Waals surface area contributed by atoms with Crippen molar-refractivity contribution in [2.75, 3.05) is 26.3 Å². The smallest absolute Gasteiger partial charge is 0.409 e. The monoisotopic (exact) mass is 291 g/mol. The van der Waals surface area contributed by atoms with E-state index in [9.17, 15) is 4.79 Å². The van der Waals surface area contributed by atoms with Crippen molar-refractivity contribution in [3.63, 3.8) is 0 Å². The summed E-state index contributed by atoms with van der Waals surface area (Å²) in [6.45, 7) is 5.53. The van der Waals surface area contributed by atoms with Gasteiger partial charge in [0.05, 0.1) is 19.8 Å². The fraction of sp³-hybridized carbons (Fsp3) is 0.588. The van der Waals surface area contributed by atoms with E-state index in [2.05, 4.69) is 6.92 Å². The fourth-order valence-corrected chi connectivity index (χ4v) is 2.37. The summed E-state index contributed by atoms with van der Waals surface area (Å²) in [6.07, 6.45) is 2.72. The molecule has 1 saturated heterocycles. The second kappa shape index (κ2) is 8.67. The van der Waals surface area contributed by atoms with Crippen LogP contribution in [0.1, 0.15) is 31.7 Å². The Labute approximate surface area is 127 Å². The number of piperidine rings is 1. The minimum absolute atomic E-state index is 0.176. The lowest BCUT2D eigenvalue weighted by atomic mass is 10.00. The highest BCUT2D eigenvalue weighted by atomic mass is 16.6. The molecule has 0 aliphatic carbocycles. The Morgan fingerprint density at radius 1 is 1.19 bits per heavy atom. The van der Waals surface area contributed by atoms with Crippen molar-refractivity contribution >= 4 is 6.09 Å². The van der Waals surface area contributed by atoms with Crippen LogP contribution in [-0.2, 0) is 16.1 Å². The molecule has 1 fully saturated rings. The standard InChI is InChI=1S/C17H25NO3/c1-15-8-10-18(11-9-15)17(19)21-13-5-12-20-14-16-6-3-2-4-7-16/h2-4,6-7,15H,5,8-14H2,1H3. The molecule has 1 aliphatic heterocycles. The van der Waals surface area contributed by atoms with Gasteiger partial charge in [0.2, 0.25) is 0 Å². The van der Waals surface area contributed by atoms with Crippen molar-refractivity contribution in [3.05, 3.63) is 35.9 Å². The summed E-state index contributed by atoms with van der Waals surface area (Å²) < 4.78 is 10.8. The fourth-order valence-electron chi connectivity index (χ4n) is 2.37. The van der Waals surface area contributed by atoms with Crippen LogP contribution in [0, 0.1) is 5.92 Å². The Bertz CT molecular complexity index is 413. The molecule has 1 amide bonds. The van der Waals surface area contributed by atoms with Crippen molar-refractivity contribution in [3.8, 4) is 0 Å². The summed E-state index contributed by atoms with van der Waals surface area (Å²) >= 11 is 0. The quantitative estimate of drug-likeness (QED) is 0.753. The highest BCUT2D eigenvalue weighted by molar-refractivity contribution is 5.67. The summed E-state index contributed by atoms with van der Waals surface area (Å²) in [7, 11) is 0. The van der Waals surface area contributed by atoms with Gasteiger partial charge in [0.15, 0.2) is 0 Å². The van der Waals surface area contributed by atoms with E-state index in [-0.39, 0.29) is 6.09 Å². The second-order valence-corrected chi connectivity index (χ2v) is 5.68. The molecule has 4 nitrogen and oxygen atoms in total. The van der Waals surface area contributed by atoms with E-state index >= 15 is 0 Å². The number of carbonyl (C=O) groups excluding carboxylic acids is 1. The van der Waals surface area contributed by atoms with E-state index in [0.717, 1.165) is 43.8 Å². The first-order valence-corrected chi connectivity index (χ1v) is 7.79. The molecule has 0 spiro atoms. The first kappa shape index (κ1) is 15.8. The van der Waals surface area contributed by atoms with Crippen LogP contribution in [0.5, 0.6) is 0 Å². The third-order valence-corrected chi connectivity index (χ3v) is 3.81. The molecule has 0 radical (unpaired) electrons. The van der Waals surface area contributed by atoms with Gasteiger partial charge in [0, 0.05) is 19.5 Å². The maximum absolute atomic E-state index is 11.8. The summed E-state index contributed by atoms with van der Waals surface area (Å²) in [5.74, 6) is 0.723. The minimum atomic E-state index is -0.176. The lowest BCUT2D eigenvalue weighted by Gasteiger charge is -2.29. The van der Waals surface area contributed by atoms with Gasteiger partial charge < -0.3 is 14.4 Å². The van der Waals surface area contributed by atoms with E-state index in [0.29, 0.717) is 19.8 Å². The zero-order valence-electron chi connectivity index (χ0n) is 12.8. The number of nitrogens with zero attached hydrogens (tertiary/aromatic N) is 1. The number of hydrogen-bond donors (Lipinski definition) is 0. The normalized spacial score (nSPS) is 16.0. The van der Waals surface area contributed by atoms with E-state index in [4.69, 9.17) is 9.47 Å². The summed E-state index contributed by atoms with van der Waals surface area (Å²) in [5, 5.41) is 0. The predicted molar refractivity (Wildman–Crippen MR) is 82.0 cm³/mol. The minimum Gasteiger partial charge on any atom is -0.449 e. The van der Waals surface area contributed by atoms with Crippen LogP contribution in [-0.4, -0.2) is 37.3 Å².